The number of carbonyl (C=O) groups excluding carboxylic acids is 1. The van der Waals surface area contributed by atoms with Crippen molar-refractivity contribution in [2.75, 3.05) is 26.2 Å². The molecule has 0 saturated carbocycles. The number of hydrogen-bond acceptors (Lipinski definition) is 3. The highest BCUT2D eigenvalue weighted by molar-refractivity contribution is 6.30. The number of carbonyl (C=O) groups is 1. The minimum Gasteiger partial charge on any atom is -0.348 e. The Morgan fingerprint density at radius 3 is 2.26 bits per heavy atom. The Bertz CT molecular complexity index is 727. The Labute approximate surface area is 167 Å². The first-order valence-corrected chi connectivity index (χ1v) is 9.97. The molecule has 4 nitrogen and oxygen atoms in total. The zero-order chi connectivity index (χ0) is 19.2. The molecule has 1 N–H and O–H groups in total. The van der Waals surface area contributed by atoms with E-state index in [1.165, 1.54) is 5.56 Å². The minimum atomic E-state index is -0.117. The quantitative estimate of drug-likeness (QED) is 0.823. The molecule has 1 heterocycles. The SMILES string of the molecule is CC(NC(=O)C(C)N1CCN(Cc2ccc(Cl)cc2)CC1)c1ccccc1. The molecule has 27 heavy (non-hydrogen) atoms. The number of nitrogens with one attached hydrogen (secondary N) is 1. The van der Waals surface area contributed by atoms with Crippen LogP contribution in [0.2, 0.25) is 5.02 Å². The second kappa shape index (κ2) is 9.36. The third kappa shape index (κ3) is 5.55. The topological polar surface area (TPSA) is 35.6 Å². The van der Waals surface area contributed by atoms with Crippen molar-refractivity contribution in [3.8, 4) is 0 Å². The van der Waals surface area contributed by atoms with Crippen LogP contribution in [-0.2, 0) is 11.3 Å². The monoisotopic (exact) mass is 385 g/mol. The molecule has 1 amide bonds. The third-order valence-corrected chi connectivity index (χ3v) is 5.56. The van der Waals surface area contributed by atoms with E-state index in [1.54, 1.807) is 0 Å². The second-order valence-electron chi connectivity index (χ2n) is 7.26. The highest BCUT2D eigenvalue weighted by atomic mass is 35.5. The highest BCUT2D eigenvalue weighted by Crippen LogP contribution is 2.15. The van der Waals surface area contributed by atoms with E-state index in [4.69, 9.17) is 11.6 Å². The van der Waals surface area contributed by atoms with Crippen molar-refractivity contribution in [2.24, 2.45) is 0 Å². The number of halogens is 1. The molecular weight excluding hydrogens is 358 g/mol. The van der Waals surface area contributed by atoms with E-state index >= 15 is 0 Å². The molecule has 144 valence electrons. The largest absolute Gasteiger partial charge is 0.348 e. The Hall–Kier alpha value is -1.88. The molecule has 0 aromatic heterocycles. The number of amides is 1. The van der Waals surface area contributed by atoms with Crippen LogP contribution in [0.3, 0.4) is 0 Å². The van der Waals surface area contributed by atoms with Gasteiger partial charge in [-0.1, -0.05) is 54.1 Å². The van der Waals surface area contributed by atoms with Gasteiger partial charge in [-0.2, -0.15) is 0 Å². The van der Waals surface area contributed by atoms with E-state index in [9.17, 15) is 4.79 Å². The molecule has 2 aromatic carbocycles. The van der Waals surface area contributed by atoms with Gasteiger partial charge in [-0.3, -0.25) is 14.6 Å². The molecule has 1 saturated heterocycles. The van der Waals surface area contributed by atoms with Gasteiger partial charge in [0.25, 0.3) is 0 Å². The number of benzene rings is 2. The van der Waals surface area contributed by atoms with Gasteiger partial charge >= 0.3 is 0 Å². The first-order valence-electron chi connectivity index (χ1n) is 9.59. The Kier molecular flexibility index (Phi) is 6.89. The van der Waals surface area contributed by atoms with Gasteiger partial charge in [0.1, 0.15) is 0 Å². The van der Waals surface area contributed by atoms with Gasteiger partial charge < -0.3 is 5.32 Å². The Morgan fingerprint density at radius 1 is 1.00 bits per heavy atom. The zero-order valence-corrected chi connectivity index (χ0v) is 16.8. The number of nitrogens with zero attached hydrogens (tertiary/aromatic N) is 2. The number of rotatable bonds is 6. The molecule has 3 rings (SSSR count). The summed E-state index contributed by atoms with van der Waals surface area (Å²) in [6.45, 7) is 8.70. The van der Waals surface area contributed by atoms with Crippen molar-refractivity contribution in [1.29, 1.82) is 0 Å². The predicted molar refractivity (Wildman–Crippen MR) is 111 cm³/mol. The fourth-order valence-corrected chi connectivity index (χ4v) is 3.61. The van der Waals surface area contributed by atoms with Gasteiger partial charge in [0, 0.05) is 37.7 Å². The summed E-state index contributed by atoms with van der Waals surface area (Å²) in [5, 5.41) is 3.91. The maximum atomic E-state index is 12.7. The summed E-state index contributed by atoms with van der Waals surface area (Å²) in [6.07, 6.45) is 0. The lowest BCUT2D eigenvalue weighted by atomic mass is 10.1. The molecule has 0 bridgehead atoms. The van der Waals surface area contributed by atoms with Gasteiger partial charge in [-0.05, 0) is 37.1 Å². The van der Waals surface area contributed by atoms with Gasteiger partial charge in [0.2, 0.25) is 5.91 Å². The van der Waals surface area contributed by atoms with Crippen LogP contribution in [0.5, 0.6) is 0 Å². The van der Waals surface area contributed by atoms with Crippen molar-refractivity contribution in [3.63, 3.8) is 0 Å². The summed E-state index contributed by atoms with van der Waals surface area (Å²) in [7, 11) is 0. The van der Waals surface area contributed by atoms with Crippen molar-refractivity contribution in [1.82, 2.24) is 15.1 Å². The van der Waals surface area contributed by atoms with Crippen LogP contribution < -0.4 is 5.32 Å². The summed E-state index contributed by atoms with van der Waals surface area (Å²) in [4.78, 5) is 17.3. The molecular formula is C22H28ClN3O. The number of piperazine rings is 1. The van der Waals surface area contributed by atoms with Crippen LogP contribution in [0.25, 0.3) is 0 Å². The van der Waals surface area contributed by atoms with Crippen LogP contribution >= 0.6 is 11.6 Å². The maximum Gasteiger partial charge on any atom is 0.237 e. The lowest BCUT2D eigenvalue weighted by Crippen LogP contribution is -2.53. The molecule has 0 radical (unpaired) electrons. The van der Waals surface area contributed by atoms with Crippen molar-refractivity contribution in [3.05, 3.63) is 70.7 Å². The van der Waals surface area contributed by atoms with Gasteiger partial charge in [-0.25, -0.2) is 0 Å². The Balaban J connectivity index is 1.46. The summed E-state index contributed by atoms with van der Waals surface area (Å²) in [6, 6.07) is 18.0. The van der Waals surface area contributed by atoms with E-state index < -0.39 is 0 Å². The average molecular weight is 386 g/mol. The summed E-state index contributed by atoms with van der Waals surface area (Å²) in [5.41, 5.74) is 2.40. The van der Waals surface area contributed by atoms with Gasteiger partial charge in [0.15, 0.2) is 0 Å². The minimum absolute atomic E-state index is 0.0207. The lowest BCUT2D eigenvalue weighted by molar-refractivity contribution is -0.127. The first kappa shape index (κ1) is 19.9. The maximum absolute atomic E-state index is 12.7. The van der Waals surface area contributed by atoms with Crippen LogP contribution in [0.15, 0.2) is 54.6 Å². The predicted octanol–water partition coefficient (Wildman–Crippen LogP) is 3.72. The normalized spacial score (nSPS) is 18.0. The summed E-state index contributed by atoms with van der Waals surface area (Å²) in [5.74, 6) is 0.0949. The molecule has 1 fully saturated rings. The fourth-order valence-electron chi connectivity index (χ4n) is 3.48. The summed E-state index contributed by atoms with van der Waals surface area (Å²) < 4.78 is 0. The molecule has 2 unspecified atom stereocenters. The van der Waals surface area contributed by atoms with Gasteiger partial charge in [-0.15, -0.1) is 0 Å². The van der Waals surface area contributed by atoms with E-state index in [0.29, 0.717) is 0 Å². The molecule has 2 aromatic rings. The lowest BCUT2D eigenvalue weighted by Gasteiger charge is -2.37. The van der Waals surface area contributed by atoms with E-state index in [2.05, 4.69) is 27.2 Å². The fraction of sp³-hybridized carbons (Fsp3) is 0.409. The molecule has 1 aliphatic rings. The van der Waals surface area contributed by atoms with Crippen LogP contribution in [0.1, 0.15) is 31.0 Å². The smallest absolute Gasteiger partial charge is 0.237 e. The van der Waals surface area contributed by atoms with Crippen molar-refractivity contribution < 1.29 is 4.79 Å². The first-order chi connectivity index (χ1) is 13.0. The van der Waals surface area contributed by atoms with Crippen molar-refractivity contribution in [2.45, 2.75) is 32.5 Å². The van der Waals surface area contributed by atoms with E-state index in [-0.39, 0.29) is 18.0 Å². The molecule has 2 atom stereocenters. The van der Waals surface area contributed by atoms with Crippen LogP contribution in [0.4, 0.5) is 0 Å². The highest BCUT2D eigenvalue weighted by Gasteiger charge is 2.26. The molecule has 1 aliphatic heterocycles. The third-order valence-electron chi connectivity index (χ3n) is 5.31. The number of hydrogen-bond donors (Lipinski definition) is 1. The van der Waals surface area contributed by atoms with Crippen LogP contribution in [-0.4, -0.2) is 47.9 Å². The average Bonchev–Trinajstić information content (AvgIpc) is 2.70. The van der Waals surface area contributed by atoms with Crippen LogP contribution in [0, 0.1) is 0 Å². The molecule has 5 heteroatoms. The molecule has 0 spiro atoms. The van der Waals surface area contributed by atoms with E-state index in [0.717, 1.165) is 43.3 Å². The molecule has 0 aliphatic carbocycles. The van der Waals surface area contributed by atoms with Gasteiger partial charge in [0.05, 0.1) is 12.1 Å². The summed E-state index contributed by atoms with van der Waals surface area (Å²) >= 11 is 5.95. The van der Waals surface area contributed by atoms with E-state index in [1.807, 2.05) is 56.3 Å². The van der Waals surface area contributed by atoms with Crippen molar-refractivity contribution >= 4 is 17.5 Å². The Morgan fingerprint density at radius 2 is 1.63 bits per heavy atom. The zero-order valence-electron chi connectivity index (χ0n) is 16.1. The standard InChI is InChI=1S/C22H28ClN3O/c1-17(20-6-4-3-5-7-20)24-22(27)18(2)26-14-12-25(13-15-26)16-19-8-10-21(23)11-9-19/h3-11,17-18H,12-16H2,1-2H3,(H,24,27). The second-order valence-corrected chi connectivity index (χ2v) is 7.69.